The Kier molecular flexibility index (Phi) is 5.28. The van der Waals surface area contributed by atoms with Gasteiger partial charge in [0.1, 0.15) is 9.84 Å². The summed E-state index contributed by atoms with van der Waals surface area (Å²) in [4.78, 5) is 12.2. The number of carbonyl (C=O) groups excluding carboxylic acids is 1. The minimum atomic E-state index is -2.84. The molecule has 1 spiro atoms. The van der Waals surface area contributed by atoms with Gasteiger partial charge in [-0.05, 0) is 49.5 Å². The van der Waals surface area contributed by atoms with Gasteiger partial charge in [0.25, 0.3) is 0 Å². The highest BCUT2D eigenvalue weighted by Gasteiger charge is 2.59. The third-order valence-electron chi connectivity index (χ3n) is 5.61. The molecule has 1 unspecified atom stereocenters. The molecule has 1 atom stereocenters. The number of unbranched alkanes of at least 4 members (excludes halogenated alkanes) is 2. The smallest absolute Gasteiger partial charge is 0.223 e. The third kappa shape index (κ3) is 4.38. The van der Waals surface area contributed by atoms with E-state index in [1.54, 1.807) is 0 Å². The highest BCUT2D eigenvalue weighted by Crippen LogP contribution is 2.59. The van der Waals surface area contributed by atoms with Crippen LogP contribution in [0.15, 0.2) is 30.3 Å². The van der Waals surface area contributed by atoms with E-state index in [9.17, 15) is 13.2 Å². The topological polar surface area (TPSA) is 63.2 Å². The zero-order valence-corrected chi connectivity index (χ0v) is 15.0. The standard InChI is InChI=1S/C19H27NO3S/c21-18(17-15-19(17)10-13-24(22,23)14-11-19)20-12-6-2-5-9-16-7-3-1-4-8-16/h1,3-4,7-8,17H,2,5-6,9-15H2,(H,20,21). The lowest BCUT2D eigenvalue weighted by atomic mass is 9.96. The molecule has 0 radical (unpaired) electrons. The van der Waals surface area contributed by atoms with Crippen molar-refractivity contribution in [3.05, 3.63) is 35.9 Å². The number of amides is 1. The maximum Gasteiger partial charge on any atom is 0.223 e. The second kappa shape index (κ2) is 7.26. The minimum absolute atomic E-state index is 0.00269. The van der Waals surface area contributed by atoms with E-state index in [4.69, 9.17) is 0 Å². The van der Waals surface area contributed by atoms with Crippen molar-refractivity contribution in [1.29, 1.82) is 0 Å². The molecule has 1 N–H and O–H groups in total. The molecule has 1 aliphatic carbocycles. The van der Waals surface area contributed by atoms with Crippen LogP contribution in [0.4, 0.5) is 0 Å². The molecule has 5 heteroatoms. The number of hydrogen-bond donors (Lipinski definition) is 1. The molecule has 2 fully saturated rings. The summed E-state index contributed by atoms with van der Waals surface area (Å²) in [6.45, 7) is 0.735. The van der Waals surface area contributed by atoms with Crippen molar-refractivity contribution in [3.8, 4) is 0 Å². The zero-order valence-electron chi connectivity index (χ0n) is 14.2. The fourth-order valence-corrected chi connectivity index (χ4v) is 5.47. The molecule has 1 saturated carbocycles. The largest absolute Gasteiger partial charge is 0.356 e. The Morgan fingerprint density at radius 1 is 1.08 bits per heavy atom. The molecule has 1 amide bonds. The van der Waals surface area contributed by atoms with Crippen molar-refractivity contribution < 1.29 is 13.2 Å². The van der Waals surface area contributed by atoms with Crippen LogP contribution in [0.1, 0.15) is 44.1 Å². The summed E-state index contributed by atoms with van der Waals surface area (Å²) in [7, 11) is -2.84. The molecule has 4 nitrogen and oxygen atoms in total. The lowest BCUT2D eigenvalue weighted by Crippen LogP contribution is -2.32. The Bertz CT molecular complexity index is 655. The average molecular weight is 349 g/mol. The first kappa shape index (κ1) is 17.5. The van der Waals surface area contributed by atoms with E-state index in [0.29, 0.717) is 12.8 Å². The van der Waals surface area contributed by atoms with Gasteiger partial charge >= 0.3 is 0 Å². The van der Waals surface area contributed by atoms with Gasteiger partial charge < -0.3 is 5.32 Å². The molecular weight excluding hydrogens is 322 g/mol. The highest BCUT2D eigenvalue weighted by molar-refractivity contribution is 7.91. The number of benzene rings is 1. The number of carbonyl (C=O) groups is 1. The second-order valence-electron chi connectivity index (χ2n) is 7.36. The van der Waals surface area contributed by atoms with Crippen molar-refractivity contribution in [2.75, 3.05) is 18.1 Å². The van der Waals surface area contributed by atoms with Gasteiger partial charge in [-0.1, -0.05) is 36.8 Å². The van der Waals surface area contributed by atoms with Gasteiger partial charge in [-0.2, -0.15) is 0 Å². The molecule has 0 aromatic heterocycles. The van der Waals surface area contributed by atoms with Crippen LogP contribution < -0.4 is 5.32 Å². The lowest BCUT2D eigenvalue weighted by Gasteiger charge is -2.22. The van der Waals surface area contributed by atoms with Crippen LogP contribution in [-0.2, 0) is 21.1 Å². The van der Waals surface area contributed by atoms with Crippen LogP contribution in [0.25, 0.3) is 0 Å². The Morgan fingerprint density at radius 3 is 2.50 bits per heavy atom. The molecule has 2 aliphatic rings. The molecule has 0 bridgehead atoms. The summed E-state index contributed by atoms with van der Waals surface area (Å²) in [5.41, 5.74) is 1.37. The first-order chi connectivity index (χ1) is 11.5. The summed E-state index contributed by atoms with van der Waals surface area (Å²) >= 11 is 0. The van der Waals surface area contributed by atoms with Gasteiger partial charge in [0.15, 0.2) is 0 Å². The van der Waals surface area contributed by atoms with Gasteiger partial charge in [0.05, 0.1) is 11.5 Å². The first-order valence-corrected chi connectivity index (χ1v) is 10.9. The second-order valence-corrected chi connectivity index (χ2v) is 9.66. The Hall–Kier alpha value is -1.36. The average Bonchev–Trinajstić information content (AvgIpc) is 3.29. The molecule has 24 heavy (non-hydrogen) atoms. The van der Waals surface area contributed by atoms with Crippen molar-refractivity contribution in [2.45, 2.75) is 44.9 Å². The summed E-state index contributed by atoms with van der Waals surface area (Å²) in [6.07, 6.45) is 6.58. The maximum atomic E-state index is 12.2. The molecule has 1 aromatic carbocycles. The predicted octanol–water partition coefficient (Wildman–Crippen LogP) is 2.73. The number of rotatable bonds is 7. The van der Waals surface area contributed by atoms with Crippen molar-refractivity contribution in [1.82, 2.24) is 5.32 Å². The van der Waals surface area contributed by atoms with E-state index in [1.807, 2.05) is 6.07 Å². The Labute approximate surface area is 145 Å². The van der Waals surface area contributed by atoms with E-state index < -0.39 is 9.84 Å². The molecule has 1 saturated heterocycles. The van der Waals surface area contributed by atoms with E-state index >= 15 is 0 Å². The van der Waals surface area contributed by atoms with Crippen molar-refractivity contribution >= 4 is 15.7 Å². The van der Waals surface area contributed by atoms with Crippen molar-refractivity contribution in [3.63, 3.8) is 0 Å². The zero-order chi connectivity index (χ0) is 17.0. The van der Waals surface area contributed by atoms with Crippen LogP contribution in [0.3, 0.4) is 0 Å². The monoisotopic (exact) mass is 349 g/mol. The molecule has 1 heterocycles. The minimum Gasteiger partial charge on any atom is -0.356 e. The van der Waals surface area contributed by atoms with Gasteiger partial charge in [-0.3, -0.25) is 4.79 Å². The molecule has 1 aromatic rings. The molecule has 3 rings (SSSR count). The predicted molar refractivity (Wildman–Crippen MR) is 95.4 cm³/mol. The van der Waals surface area contributed by atoms with Crippen LogP contribution in [0, 0.1) is 11.3 Å². The summed E-state index contributed by atoms with van der Waals surface area (Å²) in [6, 6.07) is 10.5. The van der Waals surface area contributed by atoms with E-state index in [1.165, 1.54) is 5.56 Å². The number of nitrogens with one attached hydrogen (secondary N) is 1. The number of hydrogen-bond acceptors (Lipinski definition) is 3. The normalized spacial score (nSPS) is 23.8. The van der Waals surface area contributed by atoms with Gasteiger partial charge in [-0.25, -0.2) is 8.42 Å². The van der Waals surface area contributed by atoms with Gasteiger partial charge in [-0.15, -0.1) is 0 Å². The van der Waals surface area contributed by atoms with E-state index in [2.05, 4.69) is 29.6 Å². The summed E-state index contributed by atoms with van der Waals surface area (Å²) < 4.78 is 23.0. The van der Waals surface area contributed by atoms with Gasteiger partial charge in [0, 0.05) is 12.5 Å². The fourth-order valence-electron chi connectivity index (χ4n) is 3.83. The molecule has 1 aliphatic heterocycles. The summed E-state index contributed by atoms with van der Waals surface area (Å²) in [5.74, 6) is 0.710. The summed E-state index contributed by atoms with van der Waals surface area (Å²) in [5, 5.41) is 3.05. The highest BCUT2D eigenvalue weighted by atomic mass is 32.2. The van der Waals surface area contributed by atoms with Crippen LogP contribution in [0.5, 0.6) is 0 Å². The van der Waals surface area contributed by atoms with Crippen LogP contribution >= 0.6 is 0 Å². The van der Waals surface area contributed by atoms with Crippen LogP contribution in [-0.4, -0.2) is 32.4 Å². The number of aryl methyl sites for hydroxylation is 1. The Morgan fingerprint density at radius 2 is 1.79 bits per heavy atom. The Balaban J connectivity index is 1.29. The quantitative estimate of drug-likeness (QED) is 0.770. The van der Waals surface area contributed by atoms with E-state index in [-0.39, 0.29) is 28.7 Å². The molecular formula is C19H27NO3S. The van der Waals surface area contributed by atoms with Crippen LogP contribution in [0.2, 0.25) is 0 Å². The first-order valence-electron chi connectivity index (χ1n) is 9.03. The van der Waals surface area contributed by atoms with Gasteiger partial charge in [0.2, 0.25) is 5.91 Å². The SMILES string of the molecule is O=C(NCCCCCc1ccccc1)C1CC12CCS(=O)(=O)CC2. The molecule has 132 valence electrons. The third-order valence-corrected chi connectivity index (χ3v) is 7.26. The maximum absolute atomic E-state index is 12.2. The number of sulfone groups is 1. The van der Waals surface area contributed by atoms with Crippen molar-refractivity contribution in [2.24, 2.45) is 11.3 Å². The van der Waals surface area contributed by atoms with E-state index in [0.717, 1.165) is 38.6 Å². The fraction of sp³-hybridized carbons (Fsp3) is 0.632. The lowest BCUT2D eigenvalue weighted by molar-refractivity contribution is -0.123.